The molecule has 174 valence electrons. The van der Waals surface area contributed by atoms with Crippen LogP contribution in [-0.2, 0) is 13.0 Å². The summed E-state index contributed by atoms with van der Waals surface area (Å²) in [5.74, 6) is 1.99. The van der Waals surface area contributed by atoms with Crippen LogP contribution in [0.1, 0.15) is 30.5 Å². The summed E-state index contributed by atoms with van der Waals surface area (Å²) in [6.45, 7) is 2.89. The molecule has 0 bridgehead atoms. The van der Waals surface area contributed by atoms with Gasteiger partial charge in [-0.25, -0.2) is 9.37 Å². The molecule has 34 heavy (non-hydrogen) atoms. The number of benzene rings is 3. The van der Waals surface area contributed by atoms with Crippen LogP contribution in [0.4, 0.5) is 10.3 Å². The molecule has 1 unspecified atom stereocenters. The Morgan fingerprint density at radius 1 is 0.971 bits per heavy atom. The summed E-state index contributed by atoms with van der Waals surface area (Å²) in [7, 11) is 3.33. The monoisotopic (exact) mass is 457 g/mol. The van der Waals surface area contributed by atoms with Gasteiger partial charge in [-0.1, -0.05) is 42.5 Å². The van der Waals surface area contributed by atoms with Gasteiger partial charge in [-0.3, -0.25) is 0 Å². The summed E-state index contributed by atoms with van der Waals surface area (Å²) < 4.78 is 26.9. The summed E-state index contributed by atoms with van der Waals surface area (Å²) in [6.07, 6.45) is 1.90. The lowest BCUT2D eigenvalue weighted by molar-refractivity contribution is 0.354. The standard InChI is InChI=1S/C28H28FN3O2/c1-18(19-11-13-22(29)14-12-19)30-28-31-26(20-8-5-4-6-9-20)27-23-17-25(34-3)24(33-2)16-21(23)10-7-15-32(27)28/h4-6,8-9,11-14,16-18H,7,10,15H2,1-3H3,(H,30,31). The highest BCUT2D eigenvalue weighted by atomic mass is 19.1. The fraction of sp³-hybridized carbons (Fsp3) is 0.250. The van der Waals surface area contributed by atoms with Crippen molar-refractivity contribution in [3.63, 3.8) is 0 Å². The zero-order chi connectivity index (χ0) is 23.7. The summed E-state index contributed by atoms with van der Waals surface area (Å²) in [5, 5.41) is 3.58. The highest BCUT2D eigenvalue weighted by Crippen LogP contribution is 2.43. The zero-order valence-corrected chi connectivity index (χ0v) is 19.6. The van der Waals surface area contributed by atoms with Gasteiger partial charge in [-0.15, -0.1) is 0 Å². The van der Waals surface area contributed by atoms with Crippen molar-refractivity contribution in [2.45, 2.75) is 32.4 Å². The number of methoxy groups -OCH3 is 2. The van der Waals surface area contributed by atoms with E-state index < -0.39 is 0 Å². The summed E-state index contributed by atoms with van der Waals surface area (Å²) in [5.41, 5.74) is 6.35. The van der Waals surface area contributed by atoms with Gasteiger partial charge in [-0.2, -0.15) is 0 Å². The summed E-state index contributed by atoms with van der Waals surface area (Å²) >= 11 is 0. The number of aromatic nitrogens is 2. The van der Waals surface area contributed by atoms with Crippen LogP contribution in [0.2, 0.25) is 0 Å². The molecule has 6 heteroatoms. The van der Waals surface area contributed by atoms with Gasteiger partial charge in [0.25, 0.3) is 0 Å². The minimum atomic E-state index is -0.238. The third-order valence-corrected chi connectivity index (χ3v) is 6.42. The molecule has 1 aromatic heterocycles. The first-order valence-corrected chi connectivity index (χ1v) is 11.5. The topological polar surface area (TPSA) is 48.3 Å². The molecule has 1 atom stereocenters. The number of ether oxygens (including phenoxy) is 2. The molecular formula is C28H28FN3O2. The van der Waals surface area contributed by atoms with E-state index in [1.807, 2.05) is 30.3 Å². The van der Waals surface area contributed by atoms with Crippen LogP contribution in [0.3, 0.4) is 0 Å². The van der Waals surface area contributed by atoms with E-state index in [9.17, 15) is 4.39 Å². The minimum Gasteiger partial charge on any atom is -0.493 e. The fourth-order valence-electron chi connectivity index (χ4n) is 4.66. The number of halogens is 1. The highest BCUT2D eigenvalue weighted by molar-refractivity contribution is 5.84. The molecule has 5 nitrogen and oxygen atoms in total. The average molecular weight is 458 g/mol. The van der Waals surface area contributed by atoms with Crippen LogP contribution in [0.15, 0.2) is 66.7 Å². The van der Waals surface area contributed by atoms with E-state index in [0.717, 1.165) is 59.2 Å². The van der Waals surface area contributed by atoms with E-state index in [1.54, 1.807) is 14.2 Å². The number of imidazole rings is 1. The van der Waals surface area contributed by atoms with Crippen LogP contribution in [0.25, 0.3) is 22.5 Å². The molecule has 2 heterocycles. The predicted molar refractivity (Wildman–Crippen MR) is 133 cm³/mol. The first kappa shape index (κ1) is 22.0. The van der Waals surface area contributed by atoms with Crippen molar-refractivity contribution in [2.75, 3.05) is 19.5 Å². The smallest absolute Gasteiger partial charge is 0.204 e. The average Bonchev–Trinajstić information content (AvgIpc) is 3.11. The number of aryl methyl sites for hydroxylation is 1. The second-order valence-electron chi connectivity index (χ2n) is 8.54. The molecule has 5 rings (SSSR count). The Labute approximate surface area is 199 Å². The highest BCUT2D eigenvalue weighted by Gasteiger charge is 2.26. The number of hydrogen-bond donors (Lipinski definition) is 1. The lowest BCUT2D eigenvalue weighted by Gasteiger charge is -2.17. The lowest BCUT2D eigenvalue weighted by Crippen LogP contribution is -2.12. The van der Waals surface area contributed by atoms with E-state index in [-0.39, 0.29) is 11.9 Å². The van der Waals surface area contributed by atoms with E-state index in [4.69, 9.17) is 14.5 Å². The van der Waals surface area contributed by atoms with Gasteiger partial charge in [0.2, 0.25) is 5.95 Å². The van der Waals surface area contributed by atoms with E-state index >= 15 is 0 Å². The van der Waals surface area contributed by atoms with E-state index in [1.165, 1.54) is 17.7 Å². The molecule has 0 saturated heterocycles. The zero-order valence-electron chi connectivity index (χ0n) is 19.6. The molecule has 1 aliphatic rings. The number of hydrogen-bond acceptors (Lipinski definition) is 4. The van der Waals surface area contributed by atoms with Gasteiger partial charge < -0.3 is 19.4 Å². The third kappa shape index (κ3) is 4.00. The van der Waals surface area contributed by atoms with Gasteiger partial charge in [0.15, 0.2) is 11.5 Å². The van der Waals surface area contributed by atoms with Crippen LogP contribution in [-0.4, -0.2) is 23.8 Å². The molecule has 0 amide bonds. The largest absolute Gasteiger partial charge is 0.493 e. The molecule has 0 fully saturated rings. The predicted octanol–water partition coefficient (Wildman–Crippen LogP) is 6.49. The van der Waals surface area contributed by atoms with Crippen molar-refractivity contribution in [1.29, 1.82) is 0 Å². The number of anilines is 1. The van der Waals surface area contributed by atoms with Crippen LogP contribution in [0.5, 0.6) is 11.5 Å². The Bertz CT molecular complexity index is 1300. The van der Waals surface area contributed by atoms with E-state index in [0.29, 0.717) is 5.75 Å². The fourth-order valence-corrected chi connectivity index (χ4v) is 4.66. The third-order valence-electron chi connectivity index (χ3n) is 6.42. The second-order valence-corrected chi connectivity index (χ2v) is 8.54. The maximum atomic E-state index is 13.4. The molecule has 3 aromatic carbocycles. The molecule has 0 saturated carbocycles. The van der Waals surface area contributed by atoms with Gasteiger partial charge in [0, 0.05) is 17.7 Å². The number of nitrogens with zero attached hydrogens (tertiary/aromatic N) is 2. The second kappa shape index (κ2) is 9.21. The Morgan fingerprint density at radius 3 is 2.38 bits per heavy atom. The summed E-state index contributed by atoms with van der Waals surface area (Å²) in [4.78, 5) is 5.09. The SMILES string of the molecule is COc1cc2c(cc1OC)-c1c(-c3ccccc3)nc(NC(C)c3ccc(F)cc3)n1CCC2. The van der Waals surface area contributed by atoms with Crippen molar-refractivity contribution in [2.24, 2.45) is 0 Å². The number of rotatable bonds is 6. The Kier molecular flexibility index (Phi) is 5.97. The van der Waals surface area contributed by atoms with Crippen molar-refractivity contribution < 1.29 is 13.9 Å². The quantitative estimate of drug-likeness (QED) is 0.359. The molecule has 0 aliphatic carbocycles. The van der Waals surface area contributed by atoms with E-state index in [2.05, 4.69) is 41.1 Å². The van der Waals surface area contributed by atoms with Gasteiger partial charge in [0.1, 0.15) is 5.82 Å². The van der Waals surface area contributed by atoms with Crippen molar-refractivity contribution in [1.82, 2.24) is 9.55 Å². The Morgan fingerprint density at radius 2 is 1.68 bits per heavy atom. The number of nitrogens with one attached hydrogen (secondary N) is 1. The Hall–Kier alpha value is -3.80. The maximum Gasteiger partial charge on any atom is 0.204 e. The Balaban J connectivity index is 1.67. The normalized spacial score (nSPS) is 13.4. The molecule has 0 radical (unpaired) electrons. The molecule has 1 N–H and O–H groups in total. The molecule has 1 aliphatic heterocycles. The van der Waals surface area contributed by atoms with Crippen molar-refractivity contribution in [3.8, 4) is 34.0 Å². The first-order chi connectivity index (χ1) is 16.6. The maximum absolute atomic E-state index is 13.4. The van der Waals surface area contributed by atoms with Crippen molar-refractivity contribution in [3.05, 3.63) is 83.7 Å². The van der Waals surface area contributed by atoms with Crippen LogP contribution < -0.4 is 14.8 Å². The van der Waals surface area contributed by atoms with Crippen molar-refractivity contribution >= 4 is 5.95 Å². The summed E-state index contributed by atoms with van der Waals surface area (Å²) in [6, 6.07) is 20.9. The molecule has 4 aromatic rings. The van der Waals surface area contributed by atoms with Gasteiger partial charge in [0.05, 0.1) is 31.6 Å². The van der Waals surface area contributed by atoms with Crippen LogP contribution in [0, 0.1) is 5.82 Å². The molecular weight excluding hydrogens is 429 g/mol. The van der Waals surface area contributed by atoms with Gasteiger partial charge >= 0.3 is 0 Å². The first-order valence-electron chi connectivity index (χ1n) is 11.5. The van der Waals surface area contributed by atoms with Crippen LogP contribution >= 0.6 is 0 Å². The number of fused-ring (bicyclic) bond motifs is 3. The van der Waals surface area contributed by atoms with Gasteiger partial charge in [-0.05, 0) is 55.2 Å². The minimum absolute atomic E-state index is 0.0381. The molecule has 0 spiro atoms. The lowest BCUT2D eigenvalue weighted by atomic mass is 9.97.